The van der Waals surface area contributed by atoms with Gasteiger partial charge in [-0.15, -0.1) is 0 Å². The zero-order valence-electron chi connectivity index (χ0n) is 10.2. The van der Waals surface area contributed by atoms with E-state index in [2.05, 4.69) is 0 Å². The lowest BCUT2D eigenvalue weighted by atomic mass is 10.1. The molecule has 1 fully saturated rings. The largest absolute Gasteiger partial charge is 0.443 e. The molecule has 92 valence electrons. The molecule has 1 aliphatic rings. The van der Waals surface area contributed by atoms with Gasteiger partial charge >= 0.3 is 6.09 Å². The first-order chi connectivity index (χ1) is 7.31. The van der Waals surface area contributed by atoms with Crippen molar-refractivity contribution in [2.24, 2.45) is 5.73 Å². The minimum Gasteiger partial charge on any atom is -0.443 e. The van der Waals surface area contributed by atoms with Crippen LogP contribution in [0.2, 0.25) is 0 Å². The van der Waals surface area contributed by atoms with Gasteiger partial charge < -0.3 is 10.5 Å². The number of nitrogens with two attached hydrogens (primary N) is 1. The van der Waals surface area contributed by atoms with Crippen molar-refractivity contribution in [3.8, 4) is 0 Å². The second kappa shape index (κ2) is 4.82. The summed E-state index contributed by atoms with van der Waals surface area (Å²) in [6, 6.07) is -0.574. The monoisotopic (exact) mass is 228 g/mol. The van der Waals surface area contributed by atoms with Crippen LogP contribution in [0.15, 0.2) is 0 Å². The van der Waals surface area contributed by atoms with E-state index in [0.717, 1.165) is 17.7 Å². The van der Waals surface area contributed by atoms with Crippen LogP contribution in [-0.2, 0) is 9.53 Å². The van der Waals surface area contributed by atoms with E-state index < -0.39 is 17.7 Å². The van der Waals surface area contributed by atoms with Gasteiger partial charge in [0.05, 0.1) is 6.04 Å². The fourth-order valence-corrected chi connectivity index (χ4v) is 1.57. The van der Waals surface area contributed by atoms with Crippen LogP contribution < -0.4 is 5.73 Å². The predicted molar refractivity (Wildman–Crippen MR) is 59.8 cm³/mol. The third kappa shape index (κ3) is 3.48. The Bertz CT molecular complexity index is 283. The summed E-state index contributed by atoms with van der Waals surface area (Å²) in [7, 11) is 0. The molecule has 2 N–H and O–H groups in total. The summed E-state index contributed by atoms with van der Waals surface area (Å²) in [5, 5.41) is 0. The highest BCUT2D eigenvalue weighted by molar-refractivity contribution is 5.95. The summed E-state index contributed by atoms with van der Waals surface area (Å²) >= 11 is 0. The van der Waals surface area contributed by atoms with Crippen LogP contribution in [0.4, 0.5) is 4.79 Å². The van der Waals surface area contributed by atoms with Crippen LogP contribution >= 0.6 is 0 Å². The van der Waals surface area contributed by atoms with Crippen LogP contribution in [0.3, 0.4) is 0 Å². The lowest BCUT2D eigenvalue weighted by Crippen LogP contribution is -2.47. The van der Waals surface area contributed by atoms with Gasteiger partial charge in [0.2, 0.25) is 5.91 Å². The van der Waals surface area contributed by atoms with Crippen molar-refractivity contribution in [1.82, 2.24) is 4.90 Å². The predicted octanol–water partition coefficient (Wildman–Crippen LogP) is 1.26. The van der Waals surface area contributed by atoms with E-state index in [9.17, 15) is 9.59 Å². The molecule has 0 radical (unpaired) electrons. The van der Waals surface area contributed by atoms with Gasteiger partial charge in [-0.3, -0.25) is 4.79 Å². The minimum atomic E-state index is -0.590. The average molecular weight is 228 g/mol. The number of carbonyl (C=O) groups excluding carboxylic acids is 2. The molecule has 0 aromatic rings. The molecule has 0 bridgehead atoms. The fourth-order valence-electron chi connectivity index (χ4n) is 1.57. The Morgan fingerprint density at radius 2 is 2.06 bits per heavy atom. The molecule has 1 heterocycles. The number of nitrogens with zero attached hydrogens (tertiary/aromatic N) is 1. The first-order valence-electron chi connectivity index (χ1n) is 5.61. The third-order valence-corrected chi connectivity index (χ3v) is 2.34. The zero-order valence-corrected chi connectivity index (χ0v) is 10.2. The average Bonchev–Trinajstić information content (AvgIpc) is 2.27. The van der Waals surface area contributed by atoms with Crippen molar-refractivity contribution in [1.29, 1.82) is 0 Å². The Kier molecular flexibility index (Phi) is 3.91. The number of hydrogen-bond donors (Lipinski definition) is 1. The van der Waals surface area contributed by atoms with Gasteiger partial charge in [-0.1, -0.05) is 0 Å². The topological polar surface area (TPSA) is 72.6 Å². The Hall–Kier alpha value is -1.10. The Morgan fingerprint density at radius 3 is 2.62 bits per heavy atom. The summed E-state index contributed by atoms with van der Waals surface area (Å²) in [5.41, 5.74) is 5.08. The van der Waals surface area contributed by atoms with Gasteiger partial charge in [0, 0.05) is 6.54 Å². The quantitative estimate of drug-likeness (QED) is 0.677. The second-order valence-corrected chi connectivity index (χ2v) is 5.07. The number of ether oxygens (including phenoxy) is 1. The number of carbonyl (C=O) groups is 2. The summed E-state index contributed by atoms with van der Waals surface area (Å²) in [5.74, 6) is -0.327. The van der Waals surface area contributed by atoms with Crippen molar-refractivity contribution in [2.75, 3.05) is 6.54 Å². The molecular formula is C11H20N2O3. The van der Waals surface area contributed by atoms with Gasteiger partial charge in [0.25, 0.3) is 0 Å². The molecule has 0 aliphatic carbocycles. The SMILES string of the molecule is CC(C)(C)OC(=O)N1CCCC[C@H](N)C1=O. The van der Waals surface area contributed by atoms with E-state index in [-0.39, 0.29) is 5.91 Å². The maximum atomic E-state index is 11.8. The smallest absolute Gasteiger partial charge is 0.417 e. The molecular weight excluding hydrogens is 208 g/mol. The zero-order chi connectivity index (χ0) is 12.3. The molecule has 1 atom stereocenters. The van der Waals surface area contributed by atoms with Crippen LogP contribution in [0.25, 0.3) is 0 Å². The molecule has 0 aromatic carbocycles. The van der Waals surface area contributed by atoms with Gasteiger partial charge in [-0.25, -0.2) is 9.69 Å². The Balaban J connectivity index is 2.69. The highest BCUT2D eigenvalue weighted by Crippen LogP contribution is 2.15. The van der Waals surface area contributed by atoms with Crippen LogP contribution in [0, 0.1) is 0 Å². The molecule has 5 heteroatoms. The minimum absolute atomic E-state index is 0.327. The molecule has 0 spiro atoms. The summed E-state index contributed by atoms with van der Waals surface area (Å²) in [6.45, 7) is 5.72. The van der Waals surface area contributed by atoms with E-state index >= 15 is 0 Å². The molecule has 1 aliphatic heterocycles. The van der Waals surface area contributed by atoms with Crippen molar-refractivity contribution in [3.63, 3.8) is 0 Å². The van der Waals surface area contributed by atoms with Gasteiger partial charge in [0.1, 0.15) is 5.60 Å². The van der Waals surface area contributed by atoms with E-state index in [1.165, 1.54) is 0 Å². The molecule has 2 amide bonds. The fraction of sp³-hybridized carbons (Fsp3) is 0.818. The maximum absolute atomic E-state index is 11.8. The molecule has 16 heavy (non-hydrogen) atoms. The van der Waals surface area contributed by atoms with E-state index in [0.29, 0.717) is 13.0 Å². The number of hydrogen-bond acceptors (Lipinski definition) is 4. The maximum Gasteiger partial charge on any atom is 0.417 e. The molecule has 1 saturated heterocycles. The molecule has 0 saturated carbocycles. The van der Waals surface area contributed by atoms with E-state index in [4.69, 9.17) is 10.5 Å². The normalized spacial score (nSPS) is 22.9. The van der Waals surface area contributed by atoms with Crippen LogP contribution in [0.1, 0.15) is 40.0 Å². The highest BCUT2D eigenvalue weighted by Gasteiger charge is 2.31. The summed E-state index contributed by atoms with van der Waals surface area (Å²) in [4.78, 5) is 24.7. The first-order valence-corrected chi connectivity index (χ1v) is 5.61. The number of amides is 2. The van der Waals surface area contributed by atoms with E-state index in [1.54, 1.807) is 20.8 Å². The molecule has 0 aromatic heterocycles. The summed E-state index contributed by atoms with van der Waals surface area (Å²) < 4.78 is 5.16. The number of imide groups is 1. The van der Waals surface area contributed by atoms with Gasteiger partial charge in [-0.2, -0.15) is 0 Å². The first kappa shape index (κ1) is 13.0. The molecule has 5 nitrogen and oxygen atoms in total. The van der Waals surface area contributed by atoms with Crippen molar-refractivity contribution in [2.45, 2.75) is 51.7 Å². The van der Waals surface area contributed by atoms with Gasteiger partial charge in [0.15, 0.2) is 0 Å². The number of rotatable bonds is 0. The van der Waals surface area contributed by atoms with Crippen LogP contribution in [0.5, 0.6) is 0 Å². The van der Waals surface area contributed by atoms with Crippen molar-refractivity contribution >= 4 is 12.0 Å². The third-order valence-electron chi connectivity index (χ3n) is 2.34. The lowest BCUT2D eigenvalue weighted by Gasteiger charge is -2.26. The number of likely N-dealkylation sites (tertiary alicyclic amines) is 1. The Labute approximate surface area is 95.9 Å². The lowest BCUT2D eigenvalue weighted by molar-refractivity contribution is -0.131. The van der Waals surface area contributed by atoms with Crippen molar-refractivity contribution in [3.05, 3.63) is 0 Å². The highest BCUT2D eigenvalue weighted by atomic mass is 16.6. The molecule has 0 unspecified atom stereocenters. The standard InChI is InChI=1S/C11H20N2O3/c1-11(2,3)16-10(15)13-7-5-4-6-8(12)9(13)14/h8H,4-7,12H2,1-3H3/t8-/m0/s1. The molecule has 1 rings (SSSR count). The van der Waals surface area contributed by atoms with E-state index in [1.807, 2.05) is 0 Å². The van der Waals surface area contributed by atoms with Gasteiger partial charge in [-0.05, 0) is 40.0 Å². The van der Waals surface area contributed by atoms with Crippen LogP contribution in [-0.4, -0.2) is 35.1 Å². The second-order valence-electron chi connectivity index (χ2n) is 5.07. The van der Waals surface area contributed by atoms with Crippen molar-refractivity contribution < 1.29 is 14.3 Å². The summed E-state index contributed by atoms with van der Waals surface area (Å²) in [6.07, 6.45) is 1.71. The Morgan fingerprint density at radius 1 is 1.44 bits per heavy atom.